The maximum atomic E-state index is 8.81. The highest BCUT2D eigenvalue weighted by Gasteiger charge is 1.98. The van der Waals surface area contributed by atoms with E-state index in [-0.39, 0.29) is 12.6 Å². The molecule has 14 heavy (non-hydrogen) atoms. The Morgan fingerprint density at radius 1 is 1.50 bits per heavy atom. The van der Waals surface area contributed by atoms with Crippen molar-refractivity contribution in [1.29, 1.82) is 0 Å². The van der Waals surface area contributed by atoms with Crippen molar-refractivity contribution in [1.82, 2.24) is 5.32 Å². The van der Waals surface area contributed by atoms with Crippen LogP contribution in [-0.4, -0.2) is 24.3 Å². The monoisotopic (exact) mass is 257 g/mol. The molecular weight excluding hydrogens is 242 g/mol. The molecular formula is C11H16BrNO. The first kappa shape index (κ1) is 11.7. The lowest BCUT2D eigenvalue weighted by Crippen LogP contribution is -2.30. The molecule has 1 atom stereocenters. The molecule has 0 saturated carbocycles. The number of benzene rings is 1. The molecule has 78 valence electrons. The van der Waals surface area contributed by atoms with Gasteiger partial charge in [0, 0.05) is 10.5 Å². The first-order valence-corrected chi connectivity index (χ1v) is 5.60. The summed E-state index contributed by atoms with van der Waals surface area (Å²) in [5, 5.41) is 12.0. The topological polar surface area (TPSA) is 32.3 Å². The van der Waals surface area contributed by atoms with Gasteiger partial charge in [0.2, 0.25) is 0 Å². The molecule has 1 unspecified atom stereocenters. The zero-order valence-corrected chi connectivity index (χ0v) is 9.92. The third-order valence-corrected chi connectivity index (χ3v) is 2.56. The summed E-state index contributed by atoms with van der Waals surface area (Å²) in [4.78, 5) is 0. The fourth-order valence-corrected chi connectivity index (χ4v) is 1.67. The number of hydrogen-bond donors (Lipinski definition) is 2. The van der Waals surface area contributed by atoms with Gasteiger partial charge in [0.05, 0.1) is 6.61 Å². The Morgan fingerprint density at radius 3 is 2.93 bits per heavy atom. The van der Waals surface area contributed by atoms with Gasteiger partial charge in [0.15, 0.2) is 0 Å². The minimum atomic E-state index is 0.183. The Kier molecular flexibility index (Phi) is 5.15. The van der Waals surface area contributed by atoms with Crippen molar-refractivity contribution in [2.45, 2.75) is 19.4 Å². The number of nitrogens with one attached hydrogen (secondary N) is 1. The van der Waals surface area contributed by atoms with Crippen LogP contribution in [0.25, 0.3) is 0 Å². The highest BCUT2D eigenvalue weighted by atomic mass is 79.9. The van der Waals surface area contributed by atoms with E-state index in [2.05, 4.69) is 33.4 Å². The number of aliphatic hydroxyl groups excluding tert-OH is 1. The lowest BCUT2D eigenvalue weighted by Gasteiger charge is -2.10. The Morgan fingerprint density at radius 2 is 2.29 bits per heavy atom. The molecule has 2 N–H and O–H groups in total. The summed E-state index contributed by atoms with van der Waals surface area (Å²) >= 11 is 3.44. The molecule has 0 fully saturated rings. The molecule has 0 amide bonds. The highest BCUT2D eigenvalue weighted by Crippen LogP contribution is 2.11. The lowest BCUT2D eigenvalue weighted by atomic mass is 10.1. The van der Waals surface area contributed by atoms with Gasteiger partial charge in [-0.25, -0.2) is 0 Å². The molecule has 2 nitrogen and oxygen atoms in total. The fraction of sp³-hybridized carbons (Fsp3) is 0.455. The Labute approximate surface area is 93.5 Å². The van der Waals surface area contributed by atoms with Crippen LogP contribution in [0.5, 0.6) is 0 Å². The number of hydrogen-bond acceptors (Lipinski definition) is 2. The highest BCUT2D eigenvalue weighted by molar-refractivity contribution is 9.10. The van der Waals surface area contributed by atoms with Gasteiger partial charge in [-0.1, -0.05) is 28.1 Å². The fourth-order valence-electron chi connectivity index (χ4n) is 1.22. The van der Waals surface area contributed by atoms with Crippen molar-refractivity contribution in [3.05, 3.63) is 34.3 Å². The van der Waals surface area contributed by atoms with Crippen molar-refractivity contribution in [2.24, 2.45) is 0 Å². The smallest absolute Gasteiger partial charge is 0.0581 e. The van der Waals surface area contributed by atoms with Gasteiger partial charge in [-0.05, 0) is 37.6 Å². The van der Waals surface area contributed by atoms with Gasteiger partial charge in [0.1, 0.15) is 0 Å². The molecule has 1 aromatic carbocycles. The molecule has 0 spiro atoms. The van der Waals surface area contributed by atoms with Crippen LogP contribution in [0.2, 0.25) is 0 Å². The molecule has 0 radical (unpaired) electrons. The van der Waals surface area contributed by atoms with E-state index in [4.69, 9.17) is 5.11 Å². The molecule has 0 aliphatic rings. The van der Waals surface area contributed by atoms with E-state index < -0.39 is 0 Å². The van der Waals surface area contributed by atoms with Crippen LogP contribution in [0.15, 0.2) is 28.7 Å². The van der Waals surface area contributed by atoms with Crippen molar-refractivity contribution < 1.29 is 5.11 Å². The van der Waals surface area contributed by atoms with E-state index in [1.54, 1.807) is 0 Å². The third-order valence-electron chi connectivity index (χ3n) is 2.07. The maximum absolute atomic E-state index is 8.81. The third kappa shape index (κ3) is 4.22. The van der Waals surface area contributed by atoms with Crippen LogP contribution in [0, 0.1) is 0 Å². The second-order valence-corrected chi connectivity index (χ2v) is 4.33. The largest absolute Gasteiger partial charge is 0.395 e. The number of aliphatic hydroxyl groups is 1. The van der Waals surface area contributed by atoms with Gasteiger partial charge in [0.25, 0.3) is 0 Å². The van der Waals surface area contributed by atoms with Crippen LogP contribution in [0.3, 0.4) is 0 Å². The first-order chi connectivity index (χ1) is 6.72. The molecule has 0 aliphatic heterocycles. The summed E-state index contributed by atoms with van der Waals surface area (Å²) in [5.74, 6) is 0. The minimum Gasteiger partial charge on any atom is -0.395 e. The molecule has 0 aromatic heterocycles. The van der Waals surface area contributed by atoms with Gasteiger partial charge < -0.3 is 10.4 Å². The predicted molar refractivity (Wildman–Crippen MR) is 62.4 cm³/mol. The quantitative estimate of drug-likeness (QED) is 0.846. The molecule has 0 heterocycles. The molecule has 0 bridgehead atoms. The summed E-state index contributed by atoms with van der Waals surface area (Å²) < 4.78 is 1.12. The first-order valence-electron chi connectivity index (χ1n) is 4.81. The van der Waals surface area contributed by atoms with Crippen molar-refractivity contribution in [3.8, 4) is 0 Å². The summed E-state index contributed by atoms with van der Waals surface area (Å²) in [6, 6.07) is 8.46. The van der Waals surface area contributed by atoms with Crippen molar-refractivity contribution in [2.75, 3.05) is 13.2 Å². The average Bonchev–Trinajstić information content (AvgIpc) is 2.17. The average molecular weight is 258 g/mol. The van der Waals surface area contributed by atoms with E-state index in [1.165, 1.54) is 5.56 Å². The van der Waals surface area contributed by atoms with E-state index in [1.807, 2.05) is 19.1 Å². The Hall–Kier alpha value is -0.380. The molecule has 1 aromatic rings. The van der Waals surface area contributed by atoms with Crippen molar-refractivity contribution in [3.63, 3.8) is 0 Å². The molecule has 1 rings (SSSR count). The van der Waals surface area contributed by atoms with Crippen LogP contribution >= 0.6 is 15.9 Å². The molecule has 0 saturated heterocycles. The van der Waals surface area contributed by atoms with Crippen molar-refractivity contribution >= 4 is 15.9 Å². The zero-order valence-electron chi connectivity index (χ0n) is 8.33. The van der Waals surface area contributed by atoms with Crippen LogP contribution in [-0.2, 0) is 6.42 Å². The summed E-state index contributed by atoms with van der Waals surface area (Å²) in [6.45, 7) is 3.07. The predicted octanol–water partition coefficient (Wildman–Crippen LogP) is 1.96. The summed E-state index contributed by atoms with van der Waals surface area (Å²) in [5.41, 5.74) is 1.30. The summed E-state index contributed by atoms with van der Waals surface area (Å²) in [6.07, 6.45) is 0.990. The Balaban J connectivity index is 2.31. The number of halogens is 1. The second kappa shape index (κ2) is 6.17. The van der Waals surface area contributed by atoms with E-state index in [0.29, 0.717) is 0 Å². The van der Waals surface area contributed by atoms with Gasteiger partial charge in [-0.3, -0.25) is 0 Å². The summed E-state index contributed by atoms with van der Waals surface area (Å²) in [7, 11) is 0. The van der Waals surface area contributed by atoms with Crippen LogP contribution < -0.4 is 5.32 Å². The normalized spacial score (nSPS) is 12.8. The molecule has 0 aliphatic carbocycles. The zero-order chi connectivity index (χ0) is 10.4. The minimum absolute atomic E-state index is 0.183. The van der Waals surface area contributed by atoms with E-state index in [0.717, 1.165) is 17.4 Å². The second-order valence-electron chi connectivity index (χ2n) is 3.42. The van der Waals surface area contributed by atoms with Gasteiger partial charge in [-0.15, -0.1) is 0 Å². The van der Waals surface area contributed by atoms with Crippen LogP contribution in [0.4, 0.5) is 0 Å². The van der Waals surface area contributed by atoms with Gasteiger partial charge in [-0.2, -0.15) is 0 Å². The van der Waals surface area contributed by atoms with E-state index in [9.17, 15) is 0 Å². The van der Waals surface area contributed by atoms with E-state index >= 15 is 0 Å². The maximum Gasteiger partial charge on any atom is 0.0581 e. The number of rotatable bonds is 5. The van der Waals surface area contributed by atoms with Crippen LogP contribution in [0.1, 0.15) is 12.5 Å². The Bertz CT molecular complexity index is 278. The standard InChI is InChI=1S/C11H16BrNO/c1-9(8-14)13-6-5-10-3-2-4-11(12)7-10/h2-4,7,9,13-14H,5-6,8H2,1H3. The molecule has 3 heteroatoms. The van der Waals surface area contributed by atoms with Gasteiger partial charge >= 0.3 is 0 Å². The lowest BCUT2D eigenvalue weighted by molar-refractivity contribution is 0.252. The SMILES string of the molecule is CC(CO)NCCc1cccc(Br)c1.